The standard InChI is InChI=1S/C25H30N4O4S2/c1-24-7-6-19(32)25(2,13-30)18(24)12-17-21(16(24)11-20(33)28-22-26-8-9-34-22)29-23(35-17)27-14-4-3-5-15(31)10-14/h3-5,8-10,16,18-19,30-32H,6-7,11-13H2,1-2H3,(H,27,29)(H,26,28,33). The lowest BCUT2D eigenvalue weighted by Gasteiger charge is -2.58. The molecule has 2 heterocycles. The zero-order chi connectivity index (χ0) is 24.8. The van der Waals surface area contributed by atoms with Crippen molar-refractivity contribution in [1.29, 1.82) is 0 Å². The largest absolute Gasteiger partial charge is 0.508 e. The lowest BCUT2D eigenvalue weighted by Crippen LogP contribution is -2.57. The van der Waals surface area contributed by atoms with Gasteiger partial charge in [0.15, 0.2) is 10.3 Å². The number of thiazole rings is 2. The first-order valence-electron chi connectivity index (χ1n) is 11.8. The molecule has 5 atom stereocenters. The van der Waals surface area contributed by atoms with Crippen molar-refractivity contribution in [1.82, 2.24) is 9.97 Å². The summed E-state index contributed by atoms with van der Waals surface area (Å²) in [6, 6.07) is 6.88. The van der Waals surface area contributed by atoms with Gasteiger partial charge in [0.2, 0.25) is 5.91 Å². The molecular formula is C25H30N4O4S2. The highest BCUT2D eigenvalue weighted by Crippen LogP contribution is 2.63. The van der Waals surface area contributed by atoms with Gasteiger partial charge in [0, 0.05) is 46.0 Å². The lowest BCUT2D eigenvalue weighted by atomic mass is 9.47. The molecule has 0 bridgehead atoms. The van der Waals surface area contributed by atoms with Crippen LogP contribution in [0.1, 0.15) is 49.6 Å². The Kier molecular flexibility index (Phi) is 6.33. The van der Waals surface area contributed by atoms with Crippen LogP contribution in [0.25, 0.3) is 0 Å². The summed E-state index contributed by atoms with van der Waals surface area (Å²) in [5.41, 5.74) is 0.647. The van der Waals surface area contributed by atoms with Gasteiger partial charge in [-0.15, -0.1) is 22.7 Å². The van der Waals surface area contributed by atoms with Crippen LogP contribution >= 0.6 is 22.7 Å². The predicted molar refractivity (Wildman–Crippen MR) is 137 cm³/mol. The maximum absolute atomic E-state index is 13.1. The highest BCUT2D eigenvalue weighted by molar-refractivity contribution is 7.15. The van der Waals surface area contributed by atoms with E-state index in [0.29, 0.717) is 23.1 Å². The molecule has 5 N–H and O–H groups in total. The van der Waals surface area contributed by atoms with Gasteiger partial charge in [0.1, 0.15) is 5.75 Å². The molecule has 8 nitrogen and oxygen atoms in total. The number of hydrogen-bond donors (Lipinski definition) is 5. The summed E-state index contributed by atoms with van der Waals surface area (Å²) in [6.45, 7) is 4.03. The maximum Gasteiger partial charge on any atom is 0.226 e. The zero-order valence-electron chi connectivity index (χ0n) is 19.7. The van der Waals surface area contributed by atoms with E-state index in [4.69, 9.17) is 4.98 Å². The minimum absolute atomic E-state index is 0.0111. The molecular weight excluding hydrogens is 484 g/mol. The molecule has 2 aliphatic rings. The number of amides is 1. The summed E-state index contributed by atoms with van der Waals surface area (Å²) < 4.78 is 0. The van der Waals surface area contributed by atoms with E-state index < -0.39 is 11.5 Å². The number of carbonyl (C=O) groups excluding carboxylic acids is 1. The van der Waals surface area contributed by atoms with E-state index in [-0.39, 0.29) is 41.9 Å². The maximum atomic E-state index is 13.1. The second kappa shape index (κ2) is 9.16. The van der Waals surface area contributed by atoms with Crippen LogP contribution in [0.5, 0.6) is 5.75 Å². The van der Waals surface area contributed by atoms with Crippen molar-refractivity contribution in [3.8, 4) is 5.75 Å². The molecule has 0 aliphatic heterocycles. The number of aromatic hydroxyl groups is 1. The zero-order valence-corrected chi connectivity index (χ0v) is 21.3. The van der Waals surface area contributed by atoms with Gasteiger partial charge in [-0.3, -0.25) is 4.79 Å². The smallest absolute Gasteiger partial charge is 0.226 e. The lowest BCUT2D eigenvalue weighted by molar-refractivity contribution is -0.143. The quantitative estimate of drug-likeness (QED) is 0.328. The summed E-state index contributed by atoms with van der Waals surface area (Å²) in [5, 5.41) is 40.4. The Hall–Kier alpha value is -2.53. The van der Waals surface area contributed by atoms with Crippen LogP contribution in [0.2, 0.25) is 0 Å². The van der Waals surface area contributed by atoms with Crippen molar-refractivity contribution >= 4 is 44.5 Å². The third-order valence-electron chi connectivity index (χ3n) is 8.06. The van der Waals surface area contributed by atoms with Crippen LogP contribution in [0.3, 0.4) is 0 Å². The number of nitrogens with zero attached hydrogens (tertiary/aromatic N) is 2. The van der Waals surface area contributed by atoms with E-state index in [1.807, 2.05) is 18.4 Å². The number of anilines is 3. The number of benzene rings is 1. The fourth-order valence-electron chi connectivity index (χ4n) is 6.05. The average Bonchev–Trinajstić information content (AvgIpc) is 3.47. The molecule has 1 amide bonds. The molecule has 0 spiro atoms. The fourth-order valence-corrected chi connectivity index (χ4v) is 7.68. The number of carbonyl (C=O) groups is 1. The van der Waals surface area contributed by atoms with Crippen LogP contribution in [0, 0.1) is 16.7 Å². The highest BCUT2D eigenvalue weighted by Gasteiger charge is 2.59. The average molecular weight is 515 g/mol. The van der Waals surface area contributed by atoms with Gasteiger partial charge in [-0.25, -0.2) is 9.97 Å². The van der Waals surface area contributed by atoms with Crippen molar-refractivity contribution in [2.45, 2.75) is 51.6 Å². The molecule has 5 unspecified atom stereocenters. The van der Waals surface area contributed by atoms with Crippen LogP contribution in [-0.4, -0.2) is 43.9 Å². The number of fused-ring (bicyclic) bond motifs is 2. The first kappa shape index (κ1) is 24.2. The summed E-state index contributed by atoms with van der Waals surface area (Å²) in [6.07, 6.45) is 3.30. The number of nitrogens with one attached hydrogen (secondary N) is 2. The predicted octanol–water partition coefficient (Wildman–Crippen LogP) is 4.49. The Bertz CT molecular complexity index is 1220. The van der Waals surface area contributed by atoms with Gasteiger partial charge in [-0.05, 0) is 42.7 Å². The minimum atomic E-state index is -0.669. The van der Waals surface area contributed by atoms with Gasteiger partial charge < -0.3 is 26.0 Å². The van der Waals surface area contributed by atoms with Crippen molar-refractivity contribution in [3.05, 3.63) is 46.4 Å². The topological polar surface area (TPSA) is 128 Å². The van der Waals surface area contributed by atoms with E-state index in [1.165, 1.54) is 22.7 Å². The fraction of sp³-hybridized carbons (Fsp3) is 0.480. The Morgan fingerprint density at radius 3 is 2.83 bits per heavy atom. The Balaban J connectivity index is 1.52. The molecule has 3 aromatic rings. The summed E-state index contributed by atoms with van der Waals surface area (Å²) in [5.74, 6) is -0.141. The molecule has 2 aliphatic carbocycles. The molecule has 0 radical (unpaired) electrons. The SMILES string of the molecule is CC1(CO)C(O)CCC2(C)C(CC(=O)Nc3nccs3)c3nc(Nc4cccc(O)c4)sc3CC12. The first-order chi connectivity index (χ1) is 16.7. The molecule has 1 saturated carbocycles. The van der Waals surface area contributed by atoms with Gasteiger partial charge in [-0.2, -0.15) is 0 Å². The highest BCUT2D eigenvalue weighted by atomic mass is 32.1. The number of aliphatic hydroxyl groups excluding tert-OH is 2. The summed E-state index contributed by atoms with van der Waals surface area (Å²) in [4.78, 5) is 23.3. The molecule has 0 saturated heterocycles. The summed E-state index contributed by atoms with van der Waals surface area (Å²) >= 11 is 2.91. The van der Waals surface area contributed by atoms with Crippen molar-refractivity contribution in [2.75, 3.05) is 17.2 Å². The number of aliphatic hydroxyl groups is 2. The summed E-state index contributed by atoms with van der Waals surface area (Å²) in [7, 11) is 0. The van der Waals surface area contributed by atoms with E-state index in [1.54, 1.807) is 24.4 Å². The van der Waals surface area contributed by atoms with Crippen LogP contribution in [0.15, 0.2) is 35.8 Å². The van der Waals surface area contributed by atoms with Crippen LogP contribution in [0.4, 0.5) is 16.0 Å². The molecule has 2 aromatic heterocycles. The van der Waals surface area contributed by atoms with Gasteiger partial charge >= 0.3 is 0 Å². The second-order valence-corrected chi connectivity index (χ2v) is 12.1. The van der Waals surface area contributed by atoms with Crippen molar-refractivity contribution < 1.29 is 20.1 Å². The molecule has 10 heteroatoms. The normalized spacial score (nSPS) is 29.8. The minimum Gasteiger partial charge on any atom is -0.508 e. The number of phenols is 1. The van der Waals surface area contributed by atoms with E-state index in [0.717, 1.165) is 22.7 Å². The van der Waals surface area contributed by atoms with Crippen LogP contribution < -0.4 is 10.6 Å². The van der Waals surface area contributed by atoms with Gasteiger partial charge in [0.25, 0.3) is 0 Å². The van der Waals surface area contributed by atoms with Gasteiger partial charge in [0.05, 0.1) is 18.4 Å². The molecule has 5 rings (SSSR count). The third kappa shape index (κ3) is 4.33. The molecule has 1 aromatic carbocycles. The van der Waals surface area contributed by atoms with E-state index >= 15 is 0 Å². The number of rotatable bonds is 6. The third-order valence-corrected chi connectivity index (χ3v) is 9.76. The molecule has 35 heavy (non-hydrogen) atoms. The second-order valence-electron chi connectivity index (χ2n) is 10.1. The number of hydrogen-bond acceptors (Lipinski definition) is 9. The van der Waals surface area contributed by atoms with E-state index in [9.17, 15) is 20.1 Å². The monoisotopic (exact) mass is 514 g/mol. The molecule has 186 valence electrons. The van der Waals surface area contributed by atoms with Gasteiger partial charge in [-0.1, -0.05) is 19.9 Å². The Labute approximate surface area is 212 Å². The van der Waals surface area contributed by atoms with Crippen molar-refractivity contribution in [3.63, 3.8) is 0 Å². The number of phenolic OH excluding ortho intramolecular Hbond substituents is 1. The first-order valence-corrected chi connectivity index (χ1v) is 13.5. The van der Waals surface area contributed by atoms with Crippen molar-refractivity contribution in [2.24, 2.45) is 16.7 Å². The molecule has 1 fully saturated rings. The Morgan fingerprint density at radius 2 is 2.11 bits per heavy atom. The number of aromatic nitrogens is 2. The van der Waals surface area contributed by atoms with E-state index in [2.05, 4.69) is 22.5 Å². The van der Waals surface area contributed by atoms with Crippen LogP contribution in [-0.2, 0) is 11.2 Å². The Morgan fingerprint density at radius 1 is 1.29 bits per heavy atom.